The lowest BCUT2D eigenvalue weighted by Gasteiger charge is -2.14. The number of benzene rings is 3. The second-order valence-electron chi connectivity index (χ2n) is 8.36. The monoisotopic (exact) mass is 558 g/mol. The largest absolute Gasteiger partial charge is 0.382 e. The summed E-state index contributed by atoms with van der Waals surface area (Å²) in [6.45, 7) is 2.05. The number of aromatic nitrogens is 3. The third-order valence-electron chi connectivity index (χ3n) is 5.83. The maximum absolute atomic E-state index is 12.8. The van der Waals surface area contributed by atoms with Gasteiger partial charge in [0.15, 0.2) is 11.5 Å². The molecule has 1 amide bonds. The van der Waals surface area contributed by atoms with Gasteiger partial charge in [0.1, 0.15) is 0 Å². The summed E-state index contributed by atoms with van der Waals surface area (Å²) in [4.78, 5) is 33.1. The Bertz CT molecular complexity index is 1690. The number of pyridine rings is 1. The zero-order valence-corrected chi connectivity index (χ0v) is 23.0. The van der Waals surface area contributed by atoms with E-state index in [1.54, 1.807) is 10.6 Å². The molecular weight excluding hydrogens is 532 g/mol. The van der Waals surface area contributed by atoms with Crippen LogP contribution < -0.4 is 21.7 Å². The van der Waals surface area contributed by atoms with Crippen LogP contribution in [0.1, 0.15) is 23.1 Å². The fourth-order valence-electron chi connectivity index (χ4n) is 4.05. The molecule has 0 saturated carbocycles. The van der Waals surface area contributed by atoms with Gasteiger partial charge in [0.05, 0.1) is 22.3 Å². The van der Waals surface area contributed by atoms with E-state index >= 15 is 0 Å². The van der Waals surface area contributed by atoms with E-state index in [-0.39, 0.29) is 17.1 Å². The summed E-state index contributed by atoms with van der Waals surface area (Å²) in [6, 6.07) is 24.9. The van der Waals surface area contributed by atoms with Gasteiger partial charge in [-0.05, 0) is 67.2 Å². The van der Waals surface area contributed by atoms with Crippen LogP contribution in [0.2, 0.25) is 5.02 Å². The number of rotatable bonds is 6. The molecule has 3 aromatic carbocycles. The molecule has 5 aromatic rings. The van der Waals surface area contributed by atoms with Gasteiger partial charge in [0.25, 0.3) is 11.5 Å². The maximum atomic E-state index is 12.8. The smallest absolute Gasteiger partial charge is 0.271 e. The first-order valence-corrected chi connectivity index (χ1v) is 13.3. The number of amides is 1. The molecule has 0 aliphatic rings. The number of halogens is 1. The lowest BCUT2D eigenvalue weighted by molar-refractivity contribution is 0.0996. The highest BCUT2D eigenvalue weighted by Crippen LogP contribution is 2.24. The van der Waals surface area contributed by atoms with Crippen molar-refractivity contribution in [1.29, 1.82) is 0 Å². The predicted octanol–water partition coefficient (Wildman–Crippen LogP) is 5.26. The van der Waals surface area contributed by atoms with Gasteiger partial charge in [-0.2, -0.15) is 0 Å². The number of nitrogens with zero attached hydrogens (tertiary/aromatic N) is 3. The van der Waals surface area contributed by atoms with Crippen LogP contribution in [0.3, 0.4) is 0 Å². The van der Waals surface area contributed by atoms with Crippen molar-refractivity contribution in [2.75, 3.05) is 12.8 Å². The number of nitrogen functional groups attached to an aromatic ring is 1. The summed E-state index contributed by atoms with van der Waals surface area (Å²) in [5.74, 6) is -0.649. The number of carbonyl (C=O) groups excluding carboxylic acids is 1. The molecule has 0 atom stereocenters. The van der Waals surface area contributed by atoms with Crippen LogP contribution in [0.15, 0.2) is 94.7 Å². The standard InChI is InChI=1S/C17H14ClNO.C12H13N5OS/c1-2-13-11-12-7-6-10-15(18)16(12)17(20)19(13)14-8-4-3-5-9-14;1-15-19-8-4-2-3-7(5-8)9-6-16-11(13)10(17-9)12(14)18/h3-11H,2H2,1H3;2-6,15H,1H3,(H2,13,16)(H2,14,18). The molecule has 5 N–H and O–H groups in total. The molecule has 0 unspecified atom stereocenters. The van der Waals surface area contributed by atoms with Crippen LogP contribution in [0.4, 0.5) is 5.82 Å². The Hall–Kier alpha value is -4.18. The van der Waals surface area contributed by atoms with Crippen LogP contribution >= 0.6 is 23.5 Å². The van der Waals surface area contributed by atoms with Crippen LogP contribution in [0.25, 0.3) is 27.7 Å². The number of nitrogens with two attached hydrogens (primary N) is 2. The average Bonchev–Trinajstić information content (AvgIpc) is 2.94. The van der Waals surface area contributed by atoms with Crippen molar-refractivity contribution >= 4 is 46.0 Å². The van der Waals surface area contributed by atoms with Crippen LogP contribution in [-0.4, -0.2) is 27.5 Å². The van der Waals surface area contributed by atoms with Gasteiger partial charge >= 0.3 is 0 Å². The Labute approximate surface area is 235 Å². The molecule has 0 spiro atoms. The normalized spacial score (nSPS) is 10.6. The first kappa shape index (κ1) is 27.8. The van der Waals surface area contributed by atoms with E-state index in [0.29, 0.717) is 16.1 Å². The SMILES string of the molecule is CCc1cc2cccc(Cl)c2c(=O)n1-c1ccccc1.CNSc1cccc(-c2cnc(N)c(C(N)=O)n2)c1. The fraction of sp³-hybridized carbons (Fsp3) is 0.103. The van der Waals surface area contributed by atoms with Crippen LogP contribution in [0, 0.1) is 0 Å². The maximum Gasteiger partial charge on any atom is 0.271 e. The molecule has 2 heterocycles. The van der Waals surface area contributed by atoms with E-state index in [9.17, 15) is 9.59 Å². The molecule has 0 fully saturated rings. The zero-order chi connectivity index (χ0) is 27.9. The quantitative estimate of drug-likeness (QED) is 0.242. The Morgan fingerprint density at radius 2 is 1.79 bits per heavy atom. The number of aryl methyl sites for hydroxylation is 1. The molecule has 5 rings (SSSR count). The van der Waals surface area contributed by atoms with Crippen molar-refractivity contribution in [3.8, 4) is 16.9 Å². The molecular formula is C29H27ClN6O2S. The van der Waals surface area contributed by atoms with Crippen molar-refractivity contribution in [2.24, 2.45) is 5.73 Å². The Balaban J connectivity index is 0.000000181. The predicted molar refractivity (Wildman–Crippen MR) is 159 cm³/mol. The van der Waals surface area contributed by atoms with Crippen LogP contribution in [0.5, 0.6) is 0 Å². The summed E-state index contributed by atoms with van der Waals surface area (Å²) in [7, 11) is 1.84. The van der Waals surface area contributed by atoms with Gasteiger partial charge in [-0.3, -0.25) is 18.9 Å². The van der Waals surface area contributed by atoms with Crippen molar-refractivity contribution in [2.45, 2.75) is 18.2 Å². The summed E-state index contributed by atoms with van der Waals surface area (Å²) < 4.78 is 4.73. The highest BCUT2D eigenvalue weighted by Gasteiger charge is 2.13. The number of primary amides is 1. The lowest BCUT2D eigenvalue weighted by atomic mass is 10.1. The molecule has 8 nitrogen and oxygen atoms in total. The van der Waals surface area contributed by atoms with Crippen molar-refractivity contribution in [3.63, 3.8) is 0 Å². The number of carbonyl (C=O) groups is 1. The minimum atomic E-state index is -0.687. The van der Waals surface area contributed by atoms with Gasteiger partial charge in [-0.15, -0.1) is 0 Å². The Morgan fingerprint density at radius 1 is 1.05 bits per heavy atom. The van der Waals surface area contributed by atoms with E-state index < -0.39 is 5.91 Å². The van der Waals surface area contributed by atoms with Gasteiger partial charge in [0, 0.05) is 21.8 Å². The van der Waals surface area contributed by atoms with Gasteiger partial charge < -0.3 is 11.5 Å². The molecule has 0 radical (unpaired) electrons. The van der Waals surface area contributed by atoms with E-state index in [1.165, 1.54) is 18.1 Å². The topological polar surface area (TPSA) is 129 Å². The third kappa shape index (κ3) is 6.28. The van der Waals surface area contributed by atoms with E-state index in [0.717, 1.165) is 33.6 Å². The minimum Gasteiger partial charge on any atom is -0.382 e. The molecule has 10 heteroatoms. The number of para-hydroxylation sites is 1. The number of fused-ring (bicyclic) bond motifs is 1. The van der Waals surface area contributed by atoms with Crippen molar-refractivity contribution in [1.82, 2.24) is 19.3 Å². The molecule has 0 bridgehead atoms. The number of hydrogen-bond donors (Lipinski definition) is 3. The summed E-state index contributed by atoms with van der Waals surface area (Å²) >= 11 is 7.69. The highest BCUT2D eigenvalue weighted by atomic mass is 35.5. The minimum absolute atomic E-state index is 0.0100. The van der Waals surface area contributed by atoms with E-state index in [1.807, 2.05) is 86.8 Å². The first-order chi connectivity index (χ1) is 18.8. The van der Waals surface area contributed by atoms with Crippen molar-refractivity contribution < 1.29 is 4.79 Å². The van der Waals surface area contributed by atoms with Gasteiger partial charge in [0.2, 0.25) is 0 Å². The molecule has 0 saturated heterocycles. The summed E-state index contributed by atoms with van der Waals surface area (Å²) in [5, 5.41) is 1.97. The second-order valence-corrected chi connectivity index (χ2v) is 9.85. The Morgan fingerprint density at radius 3 is 2.49 bits per heavy atom. The van der Waals surface area contributed by atoms with Crippen LogP contribution in [-0.2, 0) is 6.42 Å². The number of hydrogen-bond acceptors (Lipinski definition) is 7. The second kappa shape index (κ2) is 12.6. The van der Waals surface area contributed by atoms with Gasteiger partial charge in [-0.25, -0.2) is 9.97 Å². The molecule has 0 aliphatic carbocycles. The molecule has 198 valence electrons. The molecule has 0 aliphatic heterocycles. The third-order valence-corrected chi connectivity index (χ3v) is 6.84. The van der Waals surface area contributed by atoms with Crippen molar-refractivity contribution in [3.05, 3.63) is 112 Å². The van der Waals surface area contributed by atoms with E-state index in [2.05, 4.69) is 14.7 Å². The average molecular weight is 559 g/mol. The highest BCUT2D eigenvalue weighted by molar-refractivity contribution is 7.97. The van der Waals surface area contributed by atoms with E-state index in [4.69, 9.17) is 23.1 Å². The zero-order valence-electron chi connectivity index (χ0n) is 21.4. The number of anilines is 1. The summed E-state index contributed by atoms with van der Waals surface area (Å²) in [6.07, 6.45) is 2.30. The summed E-state index contributed by atoms with van der Waals surface area (Å²) in [5.41, 5.74) is 13.9. The Kier molecular flexibility index (Phi) is 8.98. The molecule has 39 heavy (non-hydrogen) atoms. The number of nitrogens with one attached hydrogen (secondary N) is 1. The fourth-order valence-corrected chi connectivity index (χ4v) is 4.88. The lowest BCUT2D eigenvalue weighted by Crippen LogP contribution is -2.22. The first-order valence-electron chi connectivity index (χ1n) is 12.1. The molecule has 2 aromatic heterocycles. The van der Waals surface area contributed by atoms with Gasteiger partial charge in [-0.1, -0.05) is 61.0 Å².